The van der Waals surface area contributed by atoms with Gasteiger partial charge < -0.3 is 20.3 Å². The van der Waals surface area contributed by atoms with E-state index in [2.05, 4.69) is 11.1 Å². The number of amides is 2. The summed E-state index contributed by atoms with van der Waals surface area (Å²) in [6.45, 7) is 8.71. The molecule has 0 radical (unpaired) electrons. The van der Waals surface area contributed by atoms with E-state index in [-0.39, 0.29) is 41.4 Å². The second kappa shape index (κ2) is 13.4. The van der Waals surface area contributed by atoms with Crippen molar-refractivity contribution in [3.63, 3.8) is 0 Å². The number of anilines is 1. The number of likely N-dealkylation sites (N-methyl/N-ethyl adjacent to an activating group) is 1. The Morgan fingerprint density at radius 3 is 2.65 bits per heavy atom. The van der Waals surface area contributed by atoms with Gasteiger partial charge in [0.1, 0.15) is 40.5 Å². The number of nitrogens with zero attached hydrogens (tertiary/aromatic N) is 7. The lowest BCUT2D eigenvalue weighted by Gasteiger charge is -2.42. The third-order valence-electron chi connectivity index (χ3n) is 9.22. The molecule has 11 nitrogen and oxygen atoms in total. The molecule has 2 aliphatic rings. The van der Waals surface area contributed by atoms with Crippen molar-refractivity contribution in [2.45, 2.75) is 45.2 Å². The van der Waals surface area contributed by atoms with Gasteiger partial charge in [-0.15, -0.1) is 0 Å². The molecule has 2 fully saturated rings. The average Bonchev–Trinajstić information content (AvgIpc) is 3.48. The van der Waals surface area contributed by atoms with E-state index in [9.17, 15) is 14.9 Å². The number of carbonyl (C=O) groups is 2. The molecule has 0 aliphatic carbocycles. The van der Waals surface area contributed by atoms with Crippen molar-refractivity contribution in [1.82, 2.24) is 29.5 Å². The van der Waals surface area contributed by atoms with Gasteiger partial charge in [-0.2, -0.15) is 10.4 Å². The number of hydrogen-bond donors (Lipinski definition) is 1. The zero-order valence-corrected chi connectivity index (χ0v) is 27.4. The lowest BCUT2D eigenvalue weighted by molar-refractivity contribution is -0.137. The summed E-state index contributed by atoms with van der Waals surface area (Å²) in [5.41, 5.74) is 6.97. The number of halogens is 1. The van der Waals surface area contributed by atoms with Crippen LogP contribution in [0.2, 0.25) is 0 Å². The van der Waals surface area contributed by atoms with Crippen molar-refractivity contribution in [3.8, 4) is 28.8 Å². The van der Waals surface area contributed by atoms with Crippen LogP contribution in [0.25, 0.3) is 22.2 Å². The van der Waals surface area contributed by atoms with Gasteiger partial charge in [-0.3, -0.25) is 19.2 Å². The Morgan fingerprint density at radius 1 is 1.15 bits per heavy atom. The number of carbonyl (C=O) groups excluding carboxylic acids is 2. The zero-order valence-electron chi connectivity index (χ0n) is 27.4. The van der Waals surface area contributed by atoms with Crippen LogP contribution in [-0.4, -0.2) is 86.1 Å². The van der Waals surface area contributed by atoms with E-state index < -0.39 is 11.4 Å². The smallest absolute Gasteiger partial charge is 0.264 e. The number of piperazine rings is 1. The van der Waals surface area contributed by atoms with Crippen molar-refractivity contribution >= 4 is 28.5 Å². The molecule has 4 heterocycles. The summed E-state index contributed by atoms with van der Waals surface area (Å²) in [6.07, 6.45) is 4.66. The molecular formula is C36H39FN8O3. The topological polar surface area (TPSA) is 134 Å². The molecule has 0 saturated carbocycles. The van der Waals surface area contributed by atoms with Crippen LogP contribution in [0.4, 0.5) is 10.2 Å². The highest BCUT2D eigenvalue weighted by molar-refractivity contribution is 6.00. The fraction of sp³-hybridized carbons (Fsp3) is 0.361. The molecule has 2 saturated heterocycles. The van der Waals surface area contributed by atoms with E-state index in [0.29, 0.717) is 67.2 Å². The Bertz CT molecular complexity index is 1920. The molecule has 248 valence electrons. The third-order valence-corrected chi connectivity index (χ3v) is 9.22. The molecule has 2 aromatic carbocycles. The number of piperidine rings is 1. The van der Waals surface area contributed by atoms with Gasteiger partial charge in [0.25, 0.3) is 5.91 Å². The van der Waals surface area contributed by atoms with Crippen LogP contribution >= 0.6 is 0 Å². The van der Waals surface area contributed by atoms with Crippen molar-refractivity contribution < 1.29 is 18.7 Å². The first-order valence-corrected chi connectivity index (χ1v) is 16.2. The number of nitrogen functional groups attached to an aromatic ring is 1. The first-order valence-electron chi connectivity index (χ1n) is 16.2. The van der Waals surface area contributed by atoms with E-state index in [4.69, 9.17) is 15.6 Å². The molecule has 0 unspecified atom stereocenters. The number of nitriles is 1. The second-order valence-electron chi connectivity index (χ2n) is 12.7. The quantitative estimate of drug-likeness (QED) is 0.204. The van der Waals surface area contributed by atoms with Gasteiger partial charge >= 0.3 is 0 Å². The first-order chi connectivity index (χ1) is 23.1. The molecule has 2 aliphatic heterocycles. The summed E-state index contributed by atoms with van der Waals surface area (Å²) < 4.78 is 23.3. The van der Waals surface area contributed by atoms with Gasteiger partial charge in [-0.1, -0.05) is 18.2 Å². The molecule has 6 rings (SSSR count). The van der Waals surface area contributed by atoms with Gasteiger partial charge in [-0.25, -0.2) is 9.37 Å². The number of para-hydroxylation sites is 1. The van der Waals surface area contributed by atoms with Gasteiger partial charge in [0.2, 0.25) is 5.91 Å². The highest BCUT2D eigenvalue weighted by Crippen LogP contribution is 2.37. The van der Waals surface area contributed by atoms with Crippen LogP contribution in [0.5, 0.6) is 11.5 Å². The minimum Gasteiger partial charge on any atom is -0.457 e. The normalized spacial score (nSPS) is 17.9. The van der Waals surface area contributed by atoms with Gasteiger partial charge in [-0.05, 0) is 70.0 Å². The van der Waals surface area contributed by atoms with E-state index in [1.165, 1.54) is 6.07 Å². The standard InChI is InChI=1S/C36H39FN8O3/c1-4-42-17-18-44(23-31(42)46)36(2,3)20-24(21-38)35(47)43-16-8-9-25(22-43)45-30-14-15-40-34(39)32(30)33(41-45)28-13-12-27(19-29(28)37)48-26-10-6-5-7-11-26/h5-7,10-15,19-20,25H,4,8-9,16-18,22-23H2,1-3H3,(H2,39,40)/b24-20-/t25-/m1/s1. The number of benzene rings is 2. The maximum absolute atomic E-state index is 15.7. The summed E-state index contributed by atoms with van der Waals surface area (Å²) in [5, 5.41) is 15.5. The van der Waals surface area contributed by atoms with Gasteiger partial charge in [0, 0.05) is 56.1 Å². The largest absolute Gasteiger partial charge is 0.457 e. The van der Waals surface area contributed by atoms with E-state index in [1.807, 2.05) is 43.9 Å². The molecule has 0 spiro atoms. The predicted molar refractivity (Wildman–Crippen MR) is 180 cm³/mol. The number of aromatic nitrogens is 3. The van der Waals surface area contributed by atoms with Crippen LogP contribution in [0.1, 0.15) is 39.7 Å². The molecule has 4 aromatic rings. The predicted octanol–water partition coefficient (Wildman–Crippen LogP) is 5.17. The number of ether oxygens (including phenoxy) is 1. The molecule has 12 heteroatoms. The number of rotatable bonds is 8. The highest BCUT2D eigenvalue weighted by atomic mass is 19.1. The lowest BCUT2D eigenvalue weighted by Crippen LogP contribution is -2.56. The van der Waals surface area contributed by atoms with Crippen molar-refractivity contribution in [2.24, 2.45) is 0 Å². The molecule has 2 aromatic heterocycles. The minimum absolute atomic E-state index is 0.0327. The summed E-state index contributed by atoms with van der Waals surface area (Å²) in [4.78, 5) is 36.1. The third kappa shape index (κ3) is 6.46. The van der Waals surface area contributed by atoms with Crippen LogP contribution in [-0.2, 0) is 9.59 Å². The number of fused-ring (bicyclic) bond motifs is 1. The summed E-state index contributed by atoms with van der Waals surface area (Å²) in [6, 6.07) is 17.4. The Kier molecular flexibility index (Phi) is 9.15. The van der Waals surface area contributed by atoms with Crippen molar-refractivity contribution in [1.29, 1.82) is 5.26 Å². The summed E-state index contributed by atoms with van der Waals surface area (Å²) in [5.74, 6) is 0.295. The van der Waals surface area contributed by atoms with E-state index in [0.717, 1.165) is 6.42 Å². The molecule has 1 atom stereocenters. The number of pyridine rings is 1. The van der Waals surface area contributed by atoms with Crippen molar-refractivity contribution in [2.75, 3.05) is 45.0 Å². The SMILES string of the molecule is CCN1CCN(C(C)(C)/C=C(/C#N)C(=O)N2CCC[C@@H](n3nc(-c4ccc(Oc5ccccc5)cc4F)c4c(N)nccc43)C2)CC1=O. The number of likely N-dealkylation sites (tertiary alicyclic amines) is 1. The minimum atomic E-state index is -0.686. The highest BCUT2D eigenvalue weighted by Gasteiger charge is 2.35. The Balaban J connectivity index is 1.26. The molecule has 0 bridgehead atoms. The van der Waals surface area contributed by atoms with Gasteiger partial charge in [0.15, 0.2) is 0 Å². The Labute approximate surface area is 279 Å². The Morgan fingerprint density at radius 2 is 1.94 bits per heavy atom. The molecule has 48 heavy (non-hydrogen) atoms. The fourth-order valence-corrected chi connectivity index (χ4v) is 6.59. The van der Waals surface area contributed by atoms with Crippen LogP contribution in [0.15, 0.2) is 72.4 Å². The summed E-state index contributed by atoms with van der Waals surface area (Å²) in [7, 11) is 0. The van der Waals surface area contributed by atoms with E-state index in [1.54, 1.807) is 57.1 Å². The zero-order chi connectivity index (χ0) is 34.0. The second-order valence-corrected chi connectivity index (χ2v) is 12.7. The number of hydrogen-bond acceptors (Lipinski definition) is 8. The molecular weight excluding hydrogens is 611 g/mol. The van der Waals surface area contributed by atoms with Crippen LogP contribution in [0.3, 0.4) is 0 Å². The lowest BCUT2D eigenvalue weighted by atomic mass is 9.96. The maximum Gasteiger partial charge on any atom is 0.264 e. The van der Waals surface area contributed by atoms with Crippen LogP contribution in [0, 0.1) is 17.1 Å². The monoisotopic (exact) mass is 650 g/mol. The maximum atomic E-state index is 15.7. The average molecular weight is 651 g/mol. The van der Waals surface area contributed by atoms with Crippen LogP contribution < -0.4 is 10.5 Å². The molecule has 2 N–H and O–H groups in total. The fourth-order valence-electron chi connectivity index (χ4n) is 6.59. The summed E-state index contributed by atoms with van der Waals surface area (Å²) >= 11 is 0. The van der Waals surface area contributed by atoms with Crippen molar-refractivity contribution in [3.05, 3.63) is 78.3 Å². The van der Waals surface area contributed by atoms with Gasteiger partial charge in [0.05, 0.1) is 23.5 Å². The first kappa shape index (κ1) is 32.7. The molecule has 2 amide bonds. The number of nitrogens with two attached hydrogens (primary N) is 1. The Hall–Kier alpha value is -5.28. The van der Waals surface area contributed by atoms with E-state index >= 15 is 4.39 Å².